The molecule has 0 bridgehead atoms. The molecule has 16 atom stereocenters. The summed E-state index contributed by atoms with van der Waals surface area (Å²) in [6, 6.07) is 0. The number of epoxide rings is 1. The second-order valence-electron chi connectivity index (χ2n) is 16.3. The monoisotopic (exact) mass is 992 g/mol. The van der Waals surface area contributed by atoms with Gasteiger partial charge >= 0.3 is 59.7 Å². The van der Waals surface area contributed by atoms with E-state index in [0.29, 0.717) is 19.4 Å². The van der Waals surface area contributed by atoms with Crippen molar-refractivity contribution in [2.24, 2.45) is 0 Å². The van der Waals surface area contributed by atoms with E-state index in [2.05, 4.69) is 0 Å². The maximum absolute atomic E-state index is 13.0. The Morgan fingerprint density at radius 3 is 0.986 bits per heavy atom. The fourth-order valence-corrected chi connectivity index (χ4v) is 7.90. The summed E-state index contributed by atoms with van der Waals surface area (Å²) < 4.78 is 92.5. The molecule has 4 heterocycles. The van der Waals surface area contributed by atoms with Crippen molar-refractivity contribution in [2.45, 2.75) is 187 Å². The fourth-order valence-electron chi connectivity index (χ4n) is 7.90. The average molecular weight is 993 g/mol. The fraction of sp³-hybridized carbons (Fsp3) is 0.767. The summed E-state index contributed by atoms with van der Waals surface area (Å²) >= 11 is 0. The zero-order valence-corrected chi connectivity index (χ0v) is 39.8. The summed E-state index contributed by atoms with van der Waals surface area (Å²) in [5.41, 5.74) is 0. The van der Waals surface area contributed by atoms with E-state index in [1.807, 2.05) is 0 Å². The first-order chi connectivity index (χ1) is 32.4. The topological polar surface area (TPSA) is 322 Å². The largest absolute Gasteiger partial charge is 0.463 e. The van der Waals surface area contributed by atoms with Gasteiger partial charge in [-0.3, -0.25) is 47.9 Å². The van der Waals surface area contributed by atoms with Crippen LogP contribution in [-0.4, -0.2) is 184 Å². The molecule has 26 nitrogen and oxygen atoms in total. The highest BCUT2D eigenvalue weighted by Crippen LogP contribution is 2.39. The van der Waals surface area contributed by atoms with Crippen LogP contribution < -0.4 is 0 Å². The molecule has 4 aliphatic rings. The Bertz CT molecular complexity index is 1860. The van der Waals surface area contributed by atoms with E-state index < -0.39 is 171 Å². The van der Waals surface area contributed by atoms with E-state index in [9.17, 15) is 47.9 Å². The zero-order valence-electron chi connectivity index (χ0n) is 39.8. The van der Waals surface area contributed by atoms with Crippen LogP contribution in [0.1, 0.15) is 88.5 Å². The summed E-state index contributed by atoms with van der Waals surface area (Å²) in [4.78, 5) is 126. The molecule has 0 amide bonds. The predicted octanol–water partition coefficient (Wildman–Crippen LogP) is -0.246. The molecule has 0 spiro atoms. The number of carbonyl (C=O) groups is 10. The van der Waals surface area contributed by atoms with Gasteiger partial charge in [-0.2, -0.15) is 0 Å². The lowest BCUT2D eigenvalue weighted by atomic mass is 9.91. The van der Waals surface area contributed by atoms with Crippen molar-refractivity contribution in [1.82, 2.24) is 0 Å². The Kier molecular flexibility index (Phi) is 21.0. The van der Waals surface area contributed by atoms with Gasteiger partial charge in [0.15, 0.2) is 55.3 Å². The van der Waals surface area contributed by atoms with Gasteiger partial charge in [0.1, 0.15) is 50.3 Å². The van der Waals surface area contributed by atoms with E-state index in [-0.39, 0.29) is 12.5 Å². The highest BCUT2D eigenvalue weighted by atomic mass is 16.8. The Morgan fingerprint density at radius 2 is 0.638 bits per heavy atom. The number of rotatable bonds is 21. The molecule has 0 aromatic heterocycles. The first kappa shape index (κ1) is 56.1. The third kappa shape index (κ3) is 17.4. The summed E-state index contributed by atoms with van der Waals surface area (Å²) in [6.07, 6.45) is -23.5. The van der Waals surface area contributed by atoms with Crippen LogP contribution in [0, 0.1) is 0 Å². The van der Waals surface area contributed by atoms with E-state index in [1.165, 1.54) is 0 Å². The molecule has 0 aliphatic carbocycles. The Hall–Kier alpha value is -5.54. The molecule has 4 saturated heterocycles. The van der Waals surface area contributed by atoms with Gasteiger partial charge in [0.05, 0.1) is 18.8 Å². The lowest BCUT2D eigenvalue weighted by Gasteiger charge is -2.50. The second-order valence-corrected chi connectivity index (χ2v) is 16.3. The predicted molar refractivity (Wildman–Crippen MR) is 218 cm³/mol. The molecule has 26 heteroatoms. The van der Waals surface area contributed by atoms with Crippen LogP contribution >= 0.6 is 0 Å². The van der Waals surface area contributed by atoms with Crippen molar-refractivity contribution in [2.75, 3.05) is 26.4 Å². The van der Waals surface area contributed by atoms with Gasteiger partial charge in [0, 0.05) is 69.2 Å². The van der Waals surface area contributed by atoms with Gasteiger partial charge in [-0.25, -0.2) is 0 Å². The first-order valence-electron chi connectivity index (χ1n) is 21.9. The lowest BCUT2D eigenvalue weighted by molar-refractivity contribution is -0.374. The SMILES string of the molecule is CC(=O)OC[C@H]1O[C@@H](O[C@H]2[C@H](OC(C)=O)[C@@H](OC(C)=O)[C@H](O[C@H]3[C@H](OC(C)=O)[C@@H](OC(C)=O)[C@H](CCCC4CO4)O[C@@H]3COC(C)=O)O[C@@H]2COC(C)=O)[C@H](OC(C)=O)[C@@H](OC(C)=O)[C@H]1OC(C)=O. The van der Waals surface area contributed by atoms with Gasteiger partial charge in [-0.15, -0.1) is 0 Å². The van der Waals surface area contributed by atoms with Gasteiger partial charge < -0.3 is 75.8 Å². The number of carbonyl (C=O) groups excluding carboxylic acids is 10. The summed E-state index contributed by atoms with van der Waals surface area (Å²) in [5, 5.41) is 0. The standard InChI is InChI=1S/C43H60O26/c1-18(44)54-15-30-35(37(60-23(6)49)33(58-21(4)47)29(65-30)13-11-12-28-14-57-28)68-43-41(64-27(10)53)39(62-25(8)51)36(32(67-43)17-56-20(3)46)69-42-40(63-26(9)52)38(61-24(7)50)34(59-22(5)48)31(66-42)16-55-19(2)45/h28-43H,11-17H2,1-10H3/t28?,29-,30+,31+,32+,33-,34-,35+,36+,37+,38-,39-,40+,41+,42-,43-/m0/s1. The number of esters is 10. The zero-order chi connectivity index (χ0) is 51.3. The number of hydrogen-bond acceptors (Lipinski definition) is 26. The molecule has 69 heavy (non-hydrogen) atoms. The van der Waals surface area contributed by atoms with E-state index in [0.717, 1.165) is 69.2 Å². The molecule has 0 N–H and O–H groups in total. The highest BCUT2D eigenvalue weighted by molar-refractivity contribution is 5.70. The molecular weight excluding hydrogens is 932 g/mol. The van der Waals surface area contributed by atoms with Crippen molar-refractivity contribution in [3.8, 4) is 0 Å². The Balaban J connectivity index is 1.88. The summed E-state index contributed by atoms with van der Waals surface area (Å²) in [7, 11) is 0. The van der Waals surface area contributed by atoms with Gasteiger partial charge in [0.2, 0.25) is 0 Å². The maximum Gasteiger partial charge on any atom is 0.303 e. The van der Waals surface area contributed by atoms with Crippen molar-refractivity contribution < 1.29 is 124 Å². The molecule has 4 aliphatic heterocycles. The smallest absolute Gasteiger partial charge is 0.303 e. The van der Waals surface area contributed by atoms with Crippen LogP contribution in [-0.2, 0) is 124 Å². The minimum atomic E-state index is -1.96. The van der Waals surface area contributed by atoms with Crippen LogP contribution in [0.4, 0.5) is 0 Å². The minimum absolute atomic E-state index is 0.0184. The Labute approximate surface area is 395 Å². The third-order valence-corrected chi connectivity index (χ3v) is 10.4. The van der Waals surface area contributed by atoms with Crippen LogP contribution in [0.25, 0.3) is 0 Å². The second kappa shape index (κ2) is 25.9. The average Bonchev–Trinajstić information content (AvgIpc) is 4.05. The number of hydrogen-bond donors (Lipinski definition) is 0. The highest BCUT2D eigenvalue weighted by Gasteiger charge is 2.60. The molecule has 0 saturated carbocycles. The number of ether oxygens (including phenoxy) is 16. The van der Waals surface area contributed by atoms with E-state index >= 15 is 0 Å². The molecule has 0 radical (unpaired) electrons. The molecule has 0 aromatic carbocycles. The van der Waals surface area contributed by atoms with Crippen LogP contribution in [0.2, 0.25) is 0 Å². The summed E-state index contributed by atoms with van der Waals surface area (Å²) in [5.74, 6) is -9.07. The normalized spacial score (nSPS) is 32.7. The van der Waals surface area contributed by atoms with Crippen LogP contribution in [0.5, 0.6) is 0 Å². The van der Waals surface area contributed by atoms with Crippen molar-refractivity contribution in [3.05, 3.63) is 0 Å². The Morgan fingerprint density at radius 1 is 0.348 bits per heavy atom. The van der Waals surface area contributed by atoms with Crippen molar-refractivity contribution in [3.63, 3.8) is 0 Å². The molecule has 4 rings (SSSR count). The minimum Gasteiger partial charge on any atom is -0.463 e. The third-order valence-electron chi connectivity index (χ3n) is 10.4. The van der Waals surface area contributed by atoms with Crippen molar-refractivity contribution in [1.29, 1.82) is 0 Å². The molecule has 4 fully saturated rings. The summed E-state index contributed by atoms with van der Waals surface area (Å²) in [6.45, 7) is 8.93. The molecule has 0 aromatic rings. The van der Waals surface area contributed by atoms with Gasteiger partial charge in [-0.05, 0) is 19.3 Å². The van der Waals surface area contributed by atoms with Crippen molar-refractivity contribution >= 4 is 59.7 Å². The molecule has 388 valence electrons. The first-order valence-corrected chi connectivity index (χ1v) is 21.9. The van der Waals surface area contributed by atoms with E-state index in [1.54, 1.807) is 0 Å². The lowest BCUT2D eigenvalue weighted by Crippen LogP contribution is -2.68. The molecular formula is C43H60O26. The van der Waals surface area contributed by atoms with E-state index in [4.69, 9.17) is 75.8 Å². The van der Waals surface area contributed by atoms with Gasteiger partial charge in [-0.1, -0.05) is 0 Å². The van der Waals surface area contributed by atoms with Gasteiger partial charge in [0.25, 0.3) is 0 Å². The van der Waals surface area contributed by atoms with Crippen LogP contribution in [0.15, 0.2) is 0 Å². The maximum atomic E-state index is 13.0. The quantitative estimate of drug-likeness (QED) is 0.0813. The molecule has 1 unspecified atom stereocenters. The van der Waals surface area contributed by atoms with Crippen LogP contribution in [0.3, 0.4) is 0 Å².